The molecule has 4 heterocycles. The molecular weight excluding hydrogens is 428 g/mol. The fraction of sp³-hybridized carbons (Fsp3) is 0.0645. The molecule has 4 aromatic heterocycles. The van der Waals surface area contributed by atoms with Crippen LogP contribution in [0.3, 0.4) is 0 Å². The molecule has 0 aliphatic heterocycles. The Morgan fingerprint density at radius 2 is 1.43 bits per heavy atom. The minimum atomic E-state index is 0.925. The van der Waals surface area contributed by atoms with Gasteiger partial charge in [0.25, 0.3) is 0 Å². The summed E-state index contributed by atoms with van der Waals surface area (Å²) in [6.07, 6.45) is 9.51. The van der Waals surface area contributed by atoms with Crippen molar-refractivity contribution in [2.24, 2.45) is 0 Å². The predicted molar refractivity (Wildman–Crippen MR) is 140 cm³/mol. The highest BCUT2D eigenvalue weighted by Crippen LogP contribution is 2.49. The smallest absolute Gasteiger partial charge is 0.146 e. The van der Waals surface area contributed by atoms with Gasteiger partial charge in [-0.25, -0.2) is 4.98 Å². The van der Waals surface area contributed by atoms with Gasteiger partial charge >= 0.3 is 0 Å². The quantitative estimate of drug-likeness (QED) is 0.243. The minimum Gasteiger partial charge on any atom is -0.292 e. The lowest BCUT2D eigenvalue weighted by molar-refractivity contribution is 1.24. The van der Waals surface area contributed by atoms with Crippen molar-refractivity contribution in [3.05, 3.63) is 108 Å². The maximum absolute atomic E-state index is 5.30. The third-order valence-electron chi connectivity index (χ3n) is 8.03. The van der Waals surface area contributed by atoms with Crippen molar-refractivity contribution in [2.75, 3.05) is 0 Å². The van der Waals surface area contributed by atoms with Crippen LogP contribution in [-0.4, -0.2) is 19.4 Å². The summed E-state index contributed by atoms with van der Waals surface area (Å²) in [5, 5.41) is 3.30. The second-order valence-corrected chi connectivity index (χ2v) is 9.68. The van der Waals surface area contributed by atoms with Crippen molar-refractivity contribution in [1.29, 1.82) is 0 Å². The average molecular weight is 447 g/mol. The van der Waals surface area contributed by atoms with Crippen LogP contribution in [0.5, 0.6) is 0 Å². The predicted octanol–water partition coefficient (Wildman–Crippen LogP) is 6.73. The van der Waals surface area contributed by atoms with Gasteiger partial charge in [0.05, 0.1) is 16.6 Å². The van der Waals surface area contributed by atoms with E-state index in [1.54, 1.807) is 0 Å². The Balaban J connectivity index is 1.39. The Morgan fingerprint density at radius 1 is 0.600 bits per heavy atom. The molecule has 9 rings (SSSR count). The topological polar surface area (TPSA) is 43.1 Å². The van der Waals surface area contributed by atoms with Crippen molar-refractivity contribution in [1.82, 2.24) is 19.4 Å². The second-order valence-electron chi connectivity index (χ2n) is 9.68. The molecule has 4 nitrogen and oxygen atoms in total. The molecule has 4 heteroatoms. The monoisotopic (exact) mass is 446 g/mol. The zero-order valence-corrected chi connectivity index (χ0v) is 18.8. The van der Waals surface area contributed by atoms with Crippen LogP contribution in [0.25, 0.3) is 60.6 Å². The summed E-state index contributed by atoms with van der Waals surface area (Å²) < 4.78 is 2.30. The number of hydrogen-bond donors (Lipinski definition) is 0. The van der Waals surface area contributed by atoms with E-state index in [2.05, 4.69) is 75.0 Å². The first-order valence-corrected chi connectivity index (χ1v) is 12.0. The summed E-state index contributed by atoms with van der Waals surface area (Å²) >= 11 is 0. The number of hydrogen-bond acceptors (Lipinski definition) is 3. The van der Waals surface area contributed by atoms with Gasteiger partial charge in [0.2, 0.25) is 0 Å². The van der Waals surface area contributed by atoms with Crippen molar-refractivity contribution >= 4 is 38.4 Å². The van der Waals surface area contributed by atoms with E-state index in [-0.39, 0.29) is 0 Å². The molecule has 0 atom stereocenters. The fourth-order valence-electron chi connectivity index (χ4n) is 6.56. The molecule has 3 aromatic carbocycles. The Morgan fingerprint density at radius 3 is 2.40 bits per heavy atom. The average Bonchev–Trinajstić information content (AvgIpc) is 3.59. The Bertz CT molecular complexity index is 2070. The number of rotatable bonds is 0. The van der Waals surface area contributed by atoms with E-state index < -0.39 is 0 Å². The Labute approximate surface area is 200 Å². The van der Waals surface area contributed by atoms with Crippen LogP contribution in [0.4, 0.5) is 0 Å². The molecule has 0 radical (unpaired) electrons. The van der Waals surface area contributed by atoms with Gasteiger partial charge in [0.15, 0.2) is 0 Å². The maximum Gasteiger partial charge on any atom is 0.146 e. The number of benzene rings is 3. The molecule has 0 fully saturated rings. The first kappa shape index (κ1) is 17.8. The van der Waals surface area contributed by atoms with Crippen molar-refractivity contribution in [2.45, 2.75) is 12.8 Å². The van der Waals surface area contributed by atoms with Crippen LogP contribution in [0, 0.1) is 0 Å². The van der Waals surface area contributed by atoms with Crippen LogP contribution in [0.2, 0.25) is 0 Å². The summed E-state index contributed by atoms with van der Waals surface area (Å²) in [5.41, 5.74) is 15.6. The lowest BCUT2D eigenvalue weighted by atomic mass is 9.95. The molecule has 0 amide bonds. The summed E-state index contributed by atoms with van der Waals surface area (Å²) in [7, 11) is 0. The number of aromatic nitrogens is 4. The number of fused-ring (bicyclic) bond motifs is 16. The molecule has 0 saturated carbocycles. The van der Waals surface area contributed by atoms with Gasteiger partial charge in [0.1, 0.15) is 5.65 Å². The van der Waals surface area contributed by atoms with Crippen molar-refractivity contribution in [3.8, 4) is 22.3 Å². The minimum absolute atomic E-state index is 0.925. The second kappa shape index (κ2) is 6.10. The molecule has 2 aliphatic carbocycles. The molecule has 0 N–H and O–H groups in total. The maximum atomic E-state index is 5.30. The van der Waals surface area contributed by atoms with Crippen molar-refractivity contribution < 1.29 is 0 Å². The summed E-state index contributed by atoms with van der Waals surface area (Å²) in [6, 6.07) is 22.2. The van der Waals surface area contributed by atoms with Crippen LogP contribution in [-0.2, 0) is 12.8 Å². The van der Waals surface area contributed by atoms with Gasteiger partial charge in [-0.1, -0.05) is 42.5 Å². The molecule has 0 spiro atoms. The highest BCUT2D eigenvalue weighted by atomic mass is 15.0. The van der Waals surface area contributed by atoms with Gasteiger partial charge in [-0.3, -0.25) is 14.4 Å². The van der Waals surface area contributed by atoms with Gasteiger partial charge in [-0.2, -0.15) is 0 Å². The van der Waals surface area contributed by atoms with E-state index in [0.29, 0.717) is 0 Å². The summed E-state index contributed by atoms with van der Waals surface area (Å²) in [5.74, 6) is 0. The number of nitrogens with zero attached hydrogens (tertiary/aromatic N) is 4. The normalized spacial score (nSPS) is 13.5. The van der Waals surface area contributed by atoms with E-state index >= 15 is 0 Å². The highest BCUT2D eigenvalue weighted by molar-refractivity contribution is 6.13. The third-order valence-corrected chi connectivity index (χ3v) is 8.03. The largest absolute Gasteiger partial charge is 0.292 e. The molecule has 7 aromatic rings. The third kappa shape index (κ3) is 2.11. The molecule has 0 unspecified atom stereocenters. The molecule has 0 saturated heterocycles. The summed E-state index contributed by atoms with van der Waals surface area (Å²) in [6.45, 7) is 0. The Hall–Kier alpha value is -4.57. The van der Waals surface area contributed by atoms with Gasteiger partial charge in [-0.05, 0) is 69.1 Å². The zero-order valence-electron chi connectivity index (χ0n) is 18.8. The molecule has 35 heavy (non-hydrogen) atoms. The zero-order chi connectivity index (χ0) is 22.7. The molecule has 162 valence electrons. The standard InChI is InChI=1S/C31H18N4/c1-2-4-19-17(3-1)13-23-20(19)6-5-18-14-24-21(29(18)23)7-8-28-30(24)34-31-22-9-11-32-15-25(22)26-16-33-12-10-27(26)35(28)31/h1-12,15-16H,13-14H2. The van der Waals surface area contributed by atoms with Gasteiger partial charge in [-0.15, -0.1) is 0 Å². The van der Waals surface area contributed by atoms with E-state index in [1.165, 1.54) is 44.5 Å². The highest BCUT2D eigenvalue weighted by Gasteiger charge is 2.30. The Kier molecular flexibility index (Phi) is 3.11. The first-order chi connectivity index (χ1) is 17.4. The van der Waals surface area contributed by atoms with Crippen LogP contribution >= 0.6 is 0 Å². The number of pyridine rings is 3. The SMILES string of the molecule is c1ccc2c(c1)Cc1c-2ccc2c1-c1ccc3c(nc4c5ccncc5c5cnccc5n34)c1C2. The van der Waals surface area contributed by atoms with E-state index in [0.717, 1.165) is 51.2 Å². The van der Waals surface area contributed by atoms with E-state index in [4.69, 9.17) is 4.98 Å². The number of imidazole rings is 1. The summed E-state index contributed by atoms with van der Waals surface area (Å²) in [4.78, 5) is 14.1. The fourth-order valence-corrected chi connectivity index (χ4v) is 6.56. The van der Waals surface area contributed by atoms with Crippen molar-refractivity contribution in [3.63, 3.8) is 0 Å². The van der Waals surface area contributed by atoms with Crippen LogP contribution in [0.15, 0.2) is 85.5 Å². The van der Waals surface area contributed by atoms with Gasteiger partial charge in [0, 0.05) is 47.4 Å². The molecule has 0 bridgehead atoms. The molecular formula is C31H18N4. The van der Waals surface area contributed by atoms with E-state index in [1.807, 2.05) is 24.8 Å². The first-order valence-electron chi connectivity index (χ1n) is 12.0. The van der Waals surface area contributed by atoms with E-state index in [9.17, 15) is 0 Å². The van der Waals surface area contributed by atoms with Crippen LogP contribution < -0.4 is 0 Å². The molecule has 2 aliphatic rings. The lowest BCUT2D eigenvalue weighted by Gasteiger charge is -2.09. The lowest BCUT2D eigenvalue weighted by Crippen LogP contribution is -1.92. The van der Waals surface area contributed by atoms with Gasteiger partial charge < -0.3 is 0 Å². The van der Waals surface area contributed by atoms with Crippen LogP contribution in [0.1, 0.15) is 22.3 Å².